The average molecular weight is 289 g/mol. The van der Waals surface area contributed by atoms with Crippen LogP contribution in [0.4, 0.5) is 0 Å². The minimum Gasteiger partial charge on any atom is -0.369 e. The van der Waals surface area contributed by atoms with E-state index >= 15 is 0 Å². The number of morpholine rings is 1. The average Bonchev–Trinajstić information content (AvgIpc) is 2.51. The molecule has 1 atom stereocenters. The number of ether oxygens (including phenoxy) is 1. The van der Waals surface area contributed by atoms with Crippen LogP contribution in [0, 0.1) is 0 Å². The van der Waals surface area contributed by atoms with Crippen molar-refractivity contribution in [3.8, 4) is 0 Å². The minimum atomic E-state index is 0.0772. The molecule has 1 aliphatic heterocycles. The third-order valence-electron chi connectivity index (χ3n) is 3.43. The molecule has 1 fully saturated rings. The molecule has 0 radical (unpaired) electrons. The van der Waals surface area contributed by atoms with Crippen molar-refractivity contribution in [2.24, 2.45) is 0 Å². The third kappa shape index (κ3) is 3.37. The summed E-state index contributed by atoms with van der Waals surface area (Å²) in [6.45, 7) is 2.51. The van der Waals surface area contributed by atoms with Crippen LogP contribution in [-0.4, -0.2) is 24.7 Å². The Bertz CT molecular complexity index is 548. The number of halogens is 1. The fourth-order valence-electron chi connectivity index (χ4n) is 2.32. The largest absolute Gasteiger partial charge is 0.369 e. The van der Waals surface area contributed by atoms with E-state index in [0.717, 1.165) is 36.8 Å². The number of nitrogens with one attached hydrogen (secondary N) is 1. The number of pyridine rings is 1. The van der Waals surface area contributed by atoms with Crippen molar-refractivity contribution < 1.29 is 4.74 Å². The van der Waals surface area contributed by atoms with Crippen molar-refractivity contribution in [3.05, 3.63) is 64.4 Å². The van der Waals surface area contributed by atoms with Gasteiger partial charge in [0.2, 0.25) is 0 Å². The molecule has 3 nitrogen and oxygen atoms in total. The van der Waals surface area contributed by atoms with Crippen LogP contribution in [0.3, 0.4) is 0 Å². The predicted octanol–water partition coefficient (Wildman–Crippen LogP) is 2.99. The first-order chi connectivity index (χ1) is 9.81. The molecule has 0 amide bonds. The van der Waals surface area contributed by atoms with E-state index in [9.17, 15) is 0 Å². The van der Waals surface area contributed by atoms with Crippen LogP contribution in [0.2, 0.25) is 5.02 Å². The van der Waals surface area contributed by atoms with Crippen molar-refractivity contribution in [1.29, 1.82) is 0 Å². The first-order valence-electron chi connectivity index (χ1n) is 6.83. The van der Waals surface area contributed by atoms with Crippen molar-refractivity contribution in [2.75, 3.05) is 19.7 Å². The summed E-state index contributed by atoms with van der Waals surface area (Å²) in [6, 6.07) is 12.1. The second-order valence-electron chi connectivity index (χ2n) is 4.96. The Morgan fingerprint density at radius 2 is 1.95 bits per heavy atom. The van der Waals surface area contributed by atoms with Crippen LogP contribution in [-0.2, 0) is 11.2 Å². The van der Waals surface area contributed by atoms with Crippen LogP contribution in [0.15, 0.2) is 42.6 Å². The van der Waals surface area contributed by atoms with Gasteiger partial charge in [-0.25, -0.2) is 0 Å². The first kappa shape index (κ1) is 13.6. The molecule has 20 heavy (non-hydrogen) atoms. The Morgan fingerprint density at radius 1 is 1.15 bits per heavy atom. The fourth-order valence-corrected chi connectivity index (χ4v) is 2.45. The molecule has 0 aliphatic carbocycles. The smallest absolute Gasteiger partial charge is 0.112 e. The van der Waals surface area contributed by atoms with Gasteiger partial charge in [0, 0.05) is 24.3 Å². The molecule has 2 aromatic rings. The van der Waals surface area contributed by atoms with Crippen LogP contribution in [0.25, 0.3) is 0 Å². The lowest BCUT2D eigenvalue weighted by Crippen LogP contribution is -2.33. The number of nitrogens with zero attached hydrogens (tertiary/aromatic N) is 1. The van der Waals surface area contributed by atoms with E-state index in [1.54, 1.807) is 0 Å². The molecule has 1 N–H and O–H groups in total. The van der Waals surface area contributed by atoms with E-state index in [1.807, 2.05) is 30.5 Å². The maximum absolute atomic E-state index is 5.89. The summed E-state index contributed by atoms with van der Waals surface area (Å²) < 4.78 is 5.70. The molecule has 1 aromatic carbocycles. The van der Waals surface area contributed by atoms with Gasteiger partial charge in [-0.2, -0.15) is 0 Å². The Morgan fingerprint density at radius 3 is 2.60 bits per heavy atom. The molecule has 1 aromatic heterocycles. The zero-order valence-corrected chi connectivity index (χ0v) is 11.9. The van der Waals surface area contributed by atoms with Gasteiger partial charge in [-0.15, -0.1) is 0 Å². The molecule has 1 aliphatic rings. The van der Waals surface area contributed by atoms with Gasteiger partial charge >= 0.3 is 0 Å². The van der Waals surface area contributed by atoms with Crippen molar-refractivity contribution in [1.82, 2.24) is 10.3 Å². The molecule has 104 valence electrons. The quantitative estimate of drug-likeness (QED) is 0.943. The van der Waals surface area contributed by atoms with E-state index in [1.165, 1.54) is 11.1 Å². The van der Waals surface area contributed by atoms with Crippen molar-refractivity contribution >= 4 is 11.6 Å². The molecular formula is C16H17ClN2O. The number of rotatable bonds is 3. The SMILES string of the molecule is Clc1ccc(Cc2ccc([C@H]3CNCCO3)nc2)cc1. The zero-order chi connectivity index (χ0) is 13.8. The van der Waals surface area contributed by atoms with Gasteiger partial charge in [0.05, 0.1) is 12.3 Å². The molecular weight excluding hydrogens is 272 g/mol. The molecule has 1 saturated heterocycles. The summed E-state index contributed by atoms with van der Waals surface area (Å²) >= 11 is 5.89. The summed E-state index contributed by atoms with van der Waals surface area (Å²) in [5.41, 5.74) is 3.43. The highest BCUT2D eigenvalue weighted by Gasteiger charge is 2.16. The second-order valence-corrected chi connectivity index (χ2v) is 5.39. The Hall–Kier alpha value is -1.42. The molecule has 0 bridgehead atoms. The highest BCUT2D eigenvalue weighted by Crippen LogP contribution is 2.18. The van der Waals surface area contributed by atoms with Gasteiger partial charge in [-0.05, 0) is 35.7 Å². The molecule has 4 heteroatoms. The number of hydrogen-bond acceptors (Lipinski definition) is 3. The maximum atomic E-state index is 5.89. The van der Waals surface area contributed by atoms with Crippen LogP contribution < -0.4 is 5.32 Å². The summed E-state index contributed by atoms with van der Waals surface area (Å²) in [6.07, 6.45) is 2.88. The van der Waals surface area contributed by atoms with E-state index < -0.39 is 0 Å². The standard InChI is InChI=1S/C16H17ClN2O/c17-14-4-1-12(2-5-14)9-13-3-6-15(19-10-13)16-11-18-7-8-20-16/h1-6,10,16,18H,7-9,11H2/t16-/m1/s1. The lowest BCUT2D eigenvalue weighted by Gasteiger charge is -2.23. The Balaban J connectivity index is 1.67. The lowest BCUT2D eigenvalue weighted by atomic mass is 10.1. The van der Waals surface area contributed by atoms with E-state index in [0.29, 0.717) is 0 Å². The first-order valence-corrected chi connectivity index (χ1v) is 7.20. The molecule has 0 spiro atoms. The van der Waals surface area contributed by atoms with E-state index in [2.05, 4.69) is 22.4 Å². The predicted molar refractivity (Wildman–Crippen MR) is 80.1 cm³/mol. The van der Waals surface area contributed by atoms with Gasteiger partial charge in [0.25, 0.3) is 0 Å². The molecule has 2 heterocycles. The summed E-state index contributed by atoms with van der Waals surface area (Å²) in [5, 5.41) is 4.08. The van der Waals surface area contributed by atoms with E-state index in [-0.39, 0.29) is 6.10 Å². The minimum absolute atomic E-state index is 0.0772. The van der Waals surface area contributed by atoms with Gasteiger partial charge in [0.1, 0.15) is 6.10 Å². The number of benzene rings is 1. The van der Waals surface area contributed by atoms with Crippen LogP contribution in [0.1, 0.15) is 22.9 Å². The highest BCUT2D eigenvalue weighted by molar-refractivity contribution is 6.30. The highest BCUT2D eigenvalue weighted by atomic mass is 35.5. The Labute approximate surface area is 123 Å². The summed E-state index contributed by atoms with van der Waals surface area (Å²) in [7, 11) is 0. The lowest BCUT2D eigenvalue weighted by molar-refractivity contribution is 0.0250. The molecule has 0 unspecified atom stereocenters. The topological polar surface area (TPSA) is 34.1 Å². The molecule has 0 saturated carbocycles. The maximum Gasteiger partial charge on any atom is 0.112 e. The van der Waals surface area contributed by atoms with Gasteiger partial charge < -0.3 is 10.1 Å². The van der Waals surface area contributed by atoms with Crippen molar-refractivity contribution in [2.45, 2.75) is 12.5 Å². The number of aromatic nitrogens is 1. The van der Waals surface area contributed by atoms with Gasteiger partial charge in [-0.3, -0.25) is 4.98 Å². The van der Waals surface area contributed by atoms with Crippen LogP contribution in [0.5, 0.6) is 0 Å². The van der Waals surface area contributed by atoms with E-state index in [4.69, 9.17) is 16.3 Å². The van der Waals surface area contributed by atoms with Crippen molar-refractivity contribution in [3.63, 3.8) is 0 Å². The fraction of sp³-hybridized carbons (Fsp3) is 0.312. The molecule has 3 rings (SSSR count). The summed E-state index contributed by atoms with van der Waals surface area (Å²) in [4.78, 5) is 4.53. The second kappa shape index (κ2) is 6.35. The number of hydrogen-bond donors (Lipinski definition) is 1. The van der Waals surface area contributed by atoms with Crippen LogP contribution >= 0.6 is 11.6 Å². The zero-order valence-electron chi connectivity index (χ0n) is 11.2. The monoisotopic (exact) mass is 288 g/mol. The summed E-state index contributed by atoms with van der Waals surface area (Å²) in [5.74, 6) is 0. The van der Waals surface area contributed by atoms with Gasteiger partial charge in [0.15, 0.2) is 0 Å². The third-order valence-corrected chi connectivity index (χ3v) is 3.68. The van der Waals surface area contributed by atoms with Gasteiger partial charge in [-0.1, -0.05) is 29.8 Å². The Kier molecular flexibility index (Phi) is 4.31. The normalized spacial score (nSPS) is 18.9.